The van der Waals surface area contributed by atoms with Gasteiger partial charge in [0.1, 0.15) is 0 Å². The number of para-hydroxylation sites is 2. The molecule has 2 fully saturated rings. The lowest BCUT2D eigenvalue weighted by atomic mass is 9.92. The molecule has 2 aromatic carbocycles. The second-order valence-corrected chi connectivity index (χ2v) is 11.7. The Balaban J connectivity index is 0.926. The van der Waals surface area contributed by atoms with Gasteiger partial charge in [0.05, 0.1) is 25.4 Å². The third kappa shape index (κ3) is 4.79. The molecular weight excluding hydrogens is 444 g/mol. The molecule has 172 valence electrons. The van der Waals surface area contributed by atoms with Gasteiger partial charge in [-0.15, -0.1) is 11.3 Å². The molecule has 2 saturated heterocycles. The normalized spacial score (nSPS) is 19.1. The van der Waals surface area contributed by atoms with Crippen LogP contribution in [0.1, 0.15) is 49.5 Å². The first-order valence-corrected chi connectivity index (χ1v) is 14.1. The second kappa shape index (κ2) is 9.69. The zero-order valence-electron chi connectivity index (χ0n) is 19.2. The van der Waals surface area contributed by atoms with Gasteiger partial charge in [-0.05, 0) is 88.3 Å². The first-order valence-electron chi connectivity index (χ1n) is 12.5. The molecule has 0 aliphatic carbocycles. The fraction of sp³-hybridized carbons (Fsp3) is 0.481. The molecule has 4 aromatic rings. The highest BCUT2D eigenvalue weighted by molar-refractivity contribution is 7.22. The van der Waals surface area contributed by atoms with Crippen LogP contribution in [0, 0.1) is 5.92 Å². The summed E-state index contributed by atoms with van der Waals surface area (Å²) in [5.74, 6) is 1.54. The van der Waals surface area contributed by atoms with Crippen molar-refractivity contribution in [2.24, 2.45) is 5.92 Å². The van der Waals surface area contributed by atoms with Crippen LogP contribution in [0.3, 0.4) is 0 Å². The summed E-state index contributed by atoms with van der Waals surface area (Å²) in [4.78, 5) is 15.0. The van der Waals surface area contributed by atoms with E-state index in [4.69, 9.17) is 9.97 Å². The third-order valence-corrected chi connectivity index (χ3v) is 9.80. The van der Waals surface area contributed by atoms with E-state index in [1.807, 2.05) is 22.7 Å². The average Bonchev–Trinajstić information content (AvgIpc) is 3.49. The highest BCUT2D eigenvalue weighted by Gasteiger charge is 2.24. The van der Waals surface area contributed by atoms with Gasteiger partial charge in [-0.1, -0.05) is 35.6 Å². The fourth-order valence-electron chi connectivity index (χ4n) is 5.48. The van der Waals surface area contributed by atoms with Crippen LogP contribution >= 0.6 is 22.7 Å². The number of benzene rings is 2. The molecule has 0 radical (unpaired) electrons. The molecule has 2 aromatic heterocycles. The number of fused-ring (bicyclic) bond motifs is 2. The van der Waals surface area contributed by atoms with Gasteiger partial charge < -0.3 is 9.80 Å². The number of thiazole rings is 2. The Hall–Kier alpha value is -2.02. The molecule has 0 saturated carbocycles. The Kier molecular flexibility index (Phi) is 6.31. The topological polar surface area (TPSA) is 32.3 Å². The van der Waals surface area contributed by atoms with E-state index in [0.29, 0.717) is 5.92 Å². The number of hydrogen-bond donors (Lipinski definition) is 0. The molecule has 33 heavy (non-hydrogen) atoms. The van der Waals surface area contributed by atoms with Crippen molar-refractivity contribution in [3.8, 4) is 0 Å². The van der Waals surface area contributed by atoms with Gasteiger partial charge in [0.25, 0.3) is 0 Å². The minimum absolute atomic E-state index is 0.658. The van der Waals surface area contributed by atoms with Crippen LogP contribution in [-0.4, -0.2) is 47.6 Å². The SMILES string of the molecule is c1ccc2sc(C3CCN(CCCC4CCN(c5nc6ccccc6s5)CC4)CC3)nc2c1. The highest BCUT2D eigenvalue weighted by Crippen LogP contribution is 2.35. The zero-order valence-corrected chi connectivity index (χ0v) is 20.8. The van der Waals surface area contributed by atoms with Crippen molar-refractivity contribution in [3.63, 3.8) is 0 Å². The minimum atomic E-state index is 0.658. The van der Waals surface area contributed by atoms with Gasteiger partial charge >= 0.3 is 0 Å². The van der Waals surface area contributed by atoms with E-state index in [-0.39, 0.29) is 0 Å². The summed E-state index contributed by atoms with van der Waals surface area (Å²) in [7, 11) is 0. The Morgan fingerprint density at radius 3 is 2.12 bits per heavy atom. The predicted molar refractivity (Wildman–Crippen MR) is 142 cm³/mol. The number of hydrogen-bond acceptors (Lipinski definition) is 6. The van der Waals surface area contributed by atoms with Gasteiger partial charge in [0.15, 0.2) is 5.13 Å². The molecule has 0 amide bonds. The summed E-state index contributed by atoms with van der Waals surface area (Å²) in [6.45, 7) is 6.06. The molecule has 2 aliphatic heterocycles. The number of rotatable bonds is 6. The summed E-state index contributed by atoms with van der Waals surface area (Å²) in [5, 5.41) is 2.57. The monoisotopic (exact) mass is 476 g/mol. The lowest BCUT2D eigenvalue weighted by molar-refractivity contribution is 0.202. The molecule has 4 nitrogen and oxygen atoms in total. The van der Waals surface area contributed by atoms with Crippen molar-refractivity contribution in [2.45, 2.75) is 44.4 Å². The van der Waals surface area contributed by atoms with Gasteiger partial charge in [0.2, 0.25) is 0 Å². The molecule has 2 aliphatic rings. The van der Waals surface area contributed by atoms with Crippen molar-refractivity contribution >= 4 is 48.2 Å². The van der Waals surface area contributed by atoms with E-state index in [1.165, 1.54) is 83.2 Å². The van der Waals surface area contributed by atoms with Gasteiger partial charge in [-0.3, -0.25) is 0 Å². The van der Waals surface area contributed by atoms with Crippen LogP contribution in [0.25, 0.3) is 20.4 Å². The number of likely N-dealkylation sites (tertiary alicyclic amines) is 1. The van der Waals surface area contributed by atoms with Crippen LogP contribution in [0.15, 0.2) is 48.5 Å². The number of aromatic nitrogens is 2. The summed E-state index contributed by atoms with van der Waals surface area (Å²) in [6.07, 6.45) is 7.88. The van der Waals surface area contributed by atoms with Crippen LogP contribution in [-0.2, 0) is 0 Å². The van der Waals surface area contributed by atoms with Crippen LogP contribution < -0.4 is 4.90 Å². The Labute approximate surface area is 204 Å². The first kappa shape index (κ1) is 21.5. The van der Waals surface area contributed by atoms with E-state index in [2.05, 4.69) is 58.3 Å². The van der Waals surface area contributed by atoms with E-state index in [9.17, 15) is 0 Å². The van der Waals surface area contributed by atoms with Crippen LogP contribution in [0.5, 0.6) is 0 Å². The molecule has 0 atom stereocenters. The molecular formula is C27H32N4S2. The quantitative estimate of drug-likeness (QED) is 0.307. The molecule has 4 heterocycles. The summed E-state index contributed by atoms with van der Waals surface area (Å²) >= 11 is 3.75. The van der Waals surface area contributed by atoms with Crippen LogP contribution in [0.2, 0.25) is 0 Å². The van der Waals surface area contributed by atoms with Crippen molar-refractivity contribution < 1.29 is 0 Å². The Morgan fingerprint density at radius 2 is 1.42 bits per heavy atom. The van der Waals surface area contributed by atoms with E-state index in [1.54, 1.807) is 0 Å². The van der Waals surface area contributed by atoms with E-state index < -0.39 is 0 Å². The smallest absolute Gasteiger partial charge is 0.186 e. The molecule has 0 spiro atoms. The maximum absolute atomic E-state index is 4.92. The van der Waals surface area contributed by atoms with Crippen molar-refractivity contribution in [1.82, 2.24) is 14.9 Å². The molecule has 0 bridgehead atoms. The van der Waals surface area contributed by atoms with Crippen molar-refractivity contribution in [1.29, 1.82) is 0 Å². The van der Waals surface area contributed by atoms with Gasteiger partial charge in [-0.2, -0.15) is 0 Å². The number of piperidine rings is 2. The first-order chi connectivity index (χ1) is 16.3. The molecule has 0 N–H and O–H groups in total. The van der Waals surface area contributed by atoms with Crippen molar-refractivity contribution in [3.05, 3.63) is 53.5 Å². The van der Waals surface area contributed by atoms with E-state index >= 15 is 0 Å². The summed E-state index contributed by atoms with van der Waals surface area (Å²) in [6, 6.07) is 17.1. The lowest BCUT2D eigenvalue weighted by Crippen LogP contribution is -2.35. The van der Waals surface area contributed by atoms with Crippen LogP contribution in [0.4, 0.5) is 5.13 Å². The highest BCUT2D eigenvalue weighted by atomic mass is 32.1. The maximum Gasteiger partial charge on any atom is 0.186 e. The molecule has 6 heteroatoms. The van der Waals surface area contributed by atoms with E-state index in [0.717, 1.165) is 24.5 Å². The third-order valence-electron chi connectivity index (χ3n) is 7.50. The maximum atomic E-state index is 4.92. The standard InChI is InChI=1S/C27H32N4S2/c1-3-9-24-22(7-1)28-26(32-24)21-13-16-30(17-14-21)15-5-6-20-11-18-31(19-12-20)27-29-23-8-2-4-10-25(23)33-27/h1-4,7-10,20-21H,5-6,11-19H2. The fourth-order valence-corrected chi connectivity index (χ4v) is 7.63. The summed E-state index contributed by atoms with van der Waals surface area (Å²) in [5.41, 5.74) is 2.32. The van der Waals surface area contributed by atoms with Crippen molar-refractivity contribution in [2.75, 3.05) is 37.6 Å². The number of nitrogens with zero attached hydrogens (tertiary/aromatic N) is 4. The largest absolute Gasteiger partial charge is 0.348 e. The minimum Gasteiger partial charge on any atom is -0.348 e. The van der Waals surface area contributed by atoms with Gasteiger partial charge in [-0.25, -0.2) is 9.97 Å². The predicted octanol–water partition coefficient (Wildman–Crippen LogP) is 6.78. The Morgan fingerprint density at radius 1 is 0.758 bits per heavy atom. The average molecular weight is 477 g/mol. The Bertz CT molecular complexity index is 1040. The summed E-state index contributed by atoms with van der Waals surface area (Å²) < 4.78 is 2.64. The second-order valence-electron chi connectivity index (χ2n) is 9.67. The number of anilines is 1. The lowest BCUT2D eigenvalue weighted by Gasteiger charge is -2.33. The molecule has 6 rings (SSSR count). The van der Waals surface area contributed by atoms with Gasteiger partial charge in [0, 0.05) is 19.0 Å². The molecule has 0 unspecified atom stereocenters. The zero-order chi connectivity index (χ0) is 22.0.